The first-order valence-electron chi connectivity index (χ1n) is 7.76. The van der Waals surface area contributed by atoms with E-state index in [4.69, 9.17) is 4.74 Å². The highest BCUT2D eigenvalue weighted by molar-refractivity contribution is 6.31. The molecule has 23 heavy (non-hydrogen) atoms. The highest BCUT2D eigenvalue weighted by atomic mass is 16.5. The van der Waals surface area contributed by atoms with Crippen LogP contribution in [-0.4, -0.2) is 12.1 Å². The van der Waals surface area contributed by atoms with Gasteiger partial charge in [0.1, 0.15) is 5.75 Å². The second-order valence-electron chi connectivity index (χ2n) is 5.88. The molecule has 1 aromatic heterocycles. The largest absolute Gasteiger partial charge is 0.497 e. The second-order valence-corrected chi connectivity index (χ2v) is 5.88. The second kappa shape index (κ2) is 4.50. The van der Waals surface area contributed by atoms with Crippen LogP contribution in [0.2, 0.25) is 0 Å². The minimum atomic E-state index is 0.887. The molecule has 0 saturated carbocycles. The fourth-order valence-electron chi connectivity index (χ4n) is 3.65. The van der Waals surface area contributed by atoms with Crippen molar-refractivity contribution < 1.29 is 4.74 Å². The number of aromatic amines is 1. The average molecular weight is 297 g/mol. The number of hydrogen-bond acceptors (Lipinski definition) is 1. The molecule has 0 saturated heterocycles. The van der Waals surface area contributed by atoms with Crippen molar-refractivity contribution in [3.63, 3.8) is 0 Å². The molecule has 0 bridgehead atoms. The van der Waals surface area contributed by atoms with Crippen LogP contribution in [0.1, 0.15) is 0 Å². The van der Waals surface area contributed by atoms with E-state index in [0.717, 1.165) is 5.75 Å². The monoisotopic (exact) mass is 297 g/mol. The lowest BCUT2D eigenvalue weighted by Gasteiger charge is -2.09. The van der Waals surface area contributed by atoms with Crippen molar-refractivity contribution in [2.45, 2.75) is 0 Å². The predicted molar refractivity (Wildman–Crippen MR) is 97.4 cm³/mol. The molecule has 0 amide bonds. The number of aromatic nitrogens is 1. The van der Waals surface area contributed by atoms with Crippen LogP contribution in [0.5, 0.6) is 5.75 Å². The molecule has 0 radical (unpaired) electrons. The fraction of sp³-hybridized carbons (Fsp3) is 0.0476. The smallest absolute Gasteiger partial charge is 0.119 e. The molecule has 0 fully saturated rings. The van der Waals surface area contributed by atoms with E-state index in [9.17, 15) is 0 Å². The molecule has 0 atom stereocenters. The van der Waals surface area contributed by atoms with Crippen LogP contribution < -0.4 is 4.74 Å². The van der Waals surface area contributed by atoms with E-state index in [0.29, 0.717) is 0 Å². The Hall–Kier alpha value is -3.00. The van der Waals surface area contributed by atoms with Crippen molar-refractivity contribution in [1.82, 2.24) is 4.98 Å². The van der Waals surface area contributed by atoms with Crippen molar-refractivity contribution >= 4 is 43.4 Å². The van der Waals surface area contributed by atoms with Gasteiger partial charge in [-0.15, -0.1) is 0 Å². The first-order valence-corrected chi connectivity index (χ1v) is 7.76. The summed E-state index contributed by atoms with van der Waals surface area (Å²) in [4.78, 5) is 3.61. The molecule has 2 heteroatoms. The number of fused-ring (bicyclic) bond motifs is 8. The van der Waals surface area contributed by atoms with E-state index in [2.05, 4.69) is 65.6 Å². The highest BCUT2D eigenvalue weighted by Gasteiger charge is 2.13. The van der Waals surface area contributed by atoms with Gasteiger partial charge >= 0.3 is 0 Å². The van der Waals surface area contributed by atoms with Gasteiger partial charge in [-0.25, -0.2) is 0 Å². The van der Waals surface area contributed by atoms with E-state index in [-0.39, 0.29) is 0 Å². The Bertz CT molecular complexity index is 1200. The van der Waals surface area contributed by atoms with Gasteiger partial charge in [0.2, 0.25) is 0 Å². The Morgan fingerprint density at radius 1 is 0.696 bits per heavy atom. The van der Waals surface area contributed by atoms with Crippen LogP contribution in [-0.2, 0) is 0 Å². The summed E-state index contributed by atoms with van der Waals surface area (Å²) >= 11 is 0. The molecule has 0 spiro atoms. The third-order valence-electron chi connectivity index (χ3n) is 4.69. The highest BCUT2D eigenvalue weighted by Crippen LogP contribution is 2.39. The van der Waals surface area contributed by atoms with E-state index in [1.54, 1.807) is 7.11 Å². The molecular weight excluding hydrogens is 282 g/mol. The molecule has 0 aliphatic rings. The maximum atomic E-state index is 5.43. The lowest BCUT2D eigenvalue weighted by Crippen LogP contribution is -1.85. The molecule has 0 unspecified atom stereocenters. The summed E-state index contributed by atoms with van der Waals surface area (Å²) in [5.41, 5.74) is 2.37. The quantitative estimate of drug-likeness (QED) is 0.398. The third kappa shape index (κ3) is 1.63. The van der Waals surface area contributed by atoms with Gasteiger partial charge in [0.05, 0.1) is 12.6 Å². The van der Waals surface area contributed by atoms with Crippen molar-refractivity contribution in [2.24, 2.45) is 0 Å². The molecule has 4 aromatic carbocycles. The minimum absolute atomic E-state index is 0.887. The van der Waals surface area contributed by atoms with Gasteiger partial charge in [0, 0.05) is 21.7 Å². The minimum Gasteiger partial charge on any atom is -0.497 e. The zero-order chi connectivity index (χ0) is 15.4. The van der Waals surface area contributed by atoms with Crippen molar-refractivity contribution in [1.29, 1.82) is 0 Å². The Balaban J connectivity index is 2.15. The van der Waals surface area contributed by atoms with E-state index < -0.39 is 0 Å². The Morgan fingerprint density at radius 2 is 1.43 bits per heavy atom. The van der Waals surface area contributed by atoms with E-state index in [1.807, 2.05) is 6.07 Å². The number of hydrogen-bond donors (Lipinski definition) is 1. The average Bonchev–Trinajstić information content (AvgIpc) is 3.01. The van der Waals surface area contributed by atoms with Gasteiger partial charge in [-0.1, -0.05) is 42.5 Å². The number of benzene rings is 4. The van der Waals surface area contributed by atoms with Crippen LogP contribution in [0.25, 0.3) is 43.4 Å². The van der Waals surface area contributed by atoms with Crippen molar-refractivity contribution in [2.75, 3.05) is 7.11 Å². The molecule has 2 nitrogen and oxygen atoms in total. The summed E-state index contributed by atoms with van der Waals surface area (Å²) in [5.74, 6) is 0.887. The molecule has 110 valence electrons. The third-order valence-corrected chi connectivity index (χ3v) is 4.69. The molecular formula is C21H15NO. The number of methoxy groups -OCH3 is 1. The normalized spacial score (nSPS) is 11.7. The number of H-pyrrole nitrogens is 1. The molecule has 1 heterocycles. The predicted octanol–water partition coefficient (Wildman–Crippen LogP) is 5.64. The summed E-state index contributed by atoms with van der Waals surface area (Å²) in [5, 5.41) is 7.57. The summed E-state index contributed by atoms with van der Waals surface area (Å²) in [6.45, 7) is 0. The first-order chi connectivity index (χ1) is 11.4. The first kappa shape index (κ1) is 12.5. The van der Waals surface area contributed by atoms with Crippen LogP contribution >= 0.6 is 0 Å². The zero-order valence-corrected chi connectivity index (χ0v) is 12.8. The van der Waals surface area contributed by atoms with Crippen LogP contribution in [0.4, 0.5) is 0 Å². The fourth-order valence-corrected chi connectivity index (χ4v) is 3.65. The van der Waals surface area contributed by atoms with E-state index in [1.165, 1.54) is 43.4 Å². The maximum Gasteiger partial charge on any atom is 0.119 e. The summed E-state index contributed by atoms with van der Waals surface area (Å²) in [6, 6.07) is 23.4. The van der Waals surface area contributed by atoms with E-state index >= 15 is 0 Å². The van der Waals surface area contributed by atoms with Crippen molar-refractivity contribution in [3.05, 3.63) is 66.7 Å². The Kier molecular flexibility index (Phi) is 2.45. The van der Waals surface area contributed by atoms with Crippen molar-refractivity contribution in [3.8, 4) is 5.75 Å². The molecule has 1 N–H and O–H groups in total. The summed E-state index contributed by atoms with van der Waals surface area (Å²) < 4.78 is 5.43. The zero-order valence-electron chi connectivity index (χ0n) is 12.8. The maximum absolute atomic E-state index is 5.43. The lowest BCUT2D eigenvalue weighted by atomic mass is 9.96. The standard InChI is InChI=1S/C21H15NO/c1-23-13-10-11-16-18(12-13)14-6-2-3-7-15(14)20-17-8-4-5-9-19(17)22-21(16)20/h2-12,22H,1H3. The summed E-state index contributed by atoms with van der Waals surface area (Å²) in [6.07, 6.45) is 0. The molecule has 5 aromatic rings. The Labute approximate surface area is 133 Å². The molecule has 0 aliphatic carbocycles. The van der Waals surface area contributed by atoms with Gasteiger partial charge in [-0.3, -0.25) is 0 Å². The van der Waals surface area contributed by atoms with Crippen LogP contribution in [0, 0.1) is 0 Å². The van der Waals surface area contributed by atoms with Gasteiger partial charge < -0.3 is 9.72 Å². The van der Waals surface area contributed by atoms with Crippen LogP contribution in [0.3, 0.4) is 0 Å². The Morgan fingerprint density at radius 3 is 2.26 bits per heavy atom. The van der Waals surface area contributed by atoms with Crippen LogP contribution in [0.15, 0.2) is 66.7 Å². The molecule has 0 aliphatic heterocycles. The van der Waals surface area contributed by atoms with Gasteiger partial charge in [-0.2, -0.15) is 0 Å². The van der Waals surface area contributed by atoms with Gasteiger partial charge in [-0.05, 0) is 40.4 Å². The number of para-hydroxylation sites is 1. The summed E-state index contributed by atoms with van der Waals surface area (Å²) in [7, 11) is 1.71. The topological polar surface area (TPSA) is 25.0 Å². The SMILES string of the molecule is COc1ccc2c(c1)c1ccccc1c1c3ccccc3[nH]c21. The number of ether oxygens (including phenoxy) is 1. The number of nitrogens with one attached hydrogen (secondary N) is 1. The number of rotatable bonds is 1. The molecule has 5 rings (SSSR count). The lowest BCUT2D eigenvalue weighted by molar-refractivity contribution is 0.415. The van der Waals surface area contributed by atoms with Gasteiger partial charge in [0.15, 0.2) is 0 Å². The van der Waals surface area contributed by atoms with Gasteiger partial charge in [0.25, 0.3) is 0 Å².